The molecular formula is C19H18N4O3S. The van der Waals surface area contributed by atoms with E-state index in [4.69, 9.17) is 4.52 Å². The molecule has 4 aromatic rings. The molecule has 4 rings (SSSR count). The number of nitrogens with zero attached hydrogens (tertiary/aromatic N) is 3. The summed E-state index contributed by atoms with van der Waals surface area (Å²) >= 11 is 0. The van der Waals surface area contributed by atoms with E-state index in [0.29, 0.717) is 11.4 Å². The van der Waals surface area contributed by atoms with E-state index in [9.17, 15) is 8.42 Å². The molecule has 138 valence electrons. The van der Waals surface area contributed by atoms with Gasteiger partial charge in [0.25, 0.3) is 10.0 Å². The number of nitrogens with one attached hydrogen (secondary N) is 1. The van der Waals surface area contributed by atoms with Crippen molar-refractivity contribution < 1.29 is 12.9 Å². The largest absolute Gasteiger partial charge is 0.360 e. The Morgan fingerprint density at radius 2 is 1.93 bits per heavy atom. The monoisotopic (exact) mass is 382 g/mol. The van der Waals surface area contributed by atoms with E-state index >= 15 is 0 Å². The van der Waals surface area contributed by atoms with Crippen LogP contribution in [0.1, 0.15) is 17.0 Å². The number of aryl methyl sites for hydroxylation is 3. The molecule has 3 heterocycles. The highest BCUT2D eigenvalue weighted by Crippen LogP contribution is 2.28. The molecular weight excluding hydrogens is 364 g/mol. The van der Waals surface area contributed by atoms with Crippen LogP contribution in [-0.2, 0) is 10.0 Å². The molecule has 0 bridgehead atoms. The lowest BCUT2D eigenvalue weighted by atomic mass is 10.1. The first-order valence-electron chi connectivity index (χ1n) is 8.35. The number of sulfonamides is 1. The van der Waals surface area contributed by atoms with Crippen LogP contribution >= 0.6 is 0 Å². The Morgan fingerprint density at radius 3 is 2.63 bits per heavy atom. The number of rotatable bonds is 4. The fraction of sp³-hybridized carbons (Fsp3) is 0.158. The van der Waals surface area contributed by atoms with Gasteiger partial charge >= 0.3 is 0 Å². The normalized spacial score (nSPS) is 11.8. The van der Waals surface area contributed by atoms with Crippen molar-refractivity contribution in [3.05, 3.63) is 65.8 Å². The molecule has 27 heavy (non-hydrogen) atoms. The third-order valence-electron chi connectivity index (χ3n) is 4.38. The molecule has 7 nitrogen and oxygen atoms in total. The van der Waals surface area contributed by atoms with E-state index in [1.165, 1.54) is 0 Å². The molecule has 0 amide bonds. The predicted octanol–water partition coefficient (Wildman–Crippen LogP) is 3.72. The van der Waals surface area contributed by atoms with Gasteiger partial charge < -0.3 is 8.92 Å². The molecule has 0 radical (unpaired) electrons. The van der Waals surface area contributed by atoms with Crippen LogP contribution in [0.4, 0.5) is 5.69 Å². The molecule has 0 spiro atoms. The van der Waals surface area contributed by atoms with Gasteiger partial charge in [0.05, 0.1) is 11.4 Å². The maximum absolute atomic E-state index is 12.8. The van der Waals surface area contributed by atoms with Crippen LogP contribution in [0.5, 0.6) is 0 Å². The van der Waals surface area contributed by atoms with Crippen molar-refractivity contribution in [3.63, 3.8) is 0 Å². The summed E-state index contributed by atoms with van der Waals surface area (Å²) in [6.07, 6.45) is 3.83. The summed E-state index contributed by atoms with van der Waals surface area (Å²) < 4.78 is 35.2. The smallest absolute Gasteiger partial charge is 0.267 e. The molecule has 1 aromatic carbocycles. The van der Waals surface area contributed by atoms with E-state index in [0.717, 1.165) is 22.5 Å². The highest BCUT2D eigenvalue weighted by atomic mass is 32.2. The molecule has 8 heteroatoms. The molecule has 0 saturated heterocycles. The predicted molar refractivity (Wildman–Crippen MR) is 102 cm³/mol. The second-order valence-corrected chi connectivity index (χ2v) is 8.00. The van der Waals surface area contributed by atoms with Crippen molar-refractivity contribution >= 4 is 21.4 Å². The average molecular weight is 382 g/mol. The Kier molecular flexibility index (Phi) is 4.00. The minimum atomic E-state index is -3.81. The Labute approximate surface area is 156 Å². The quantitative estimate of drug-likeness (QED) is 0.581. The van der Waals surface area contributed by atoms with Crippen molar-refractivity contribution in [3.8, 4) is 11.3 Å². The molecule has 0 atom stereocenters. The number of pyridine rings is 1. The van der Waals surface area contributed by atoms with Crippen molar-refractivity contribution in [2.45, 2.75) is 25.7 Å². The van der Waals surface area contributed by atoms with Gasteiger partial charge in [-0.15, -0.1) is 0 Å². The maximum Gasteiger partial charge on any atom is 0.267 e. The summed E-state index contributed by atoms with van der Waals surface area (Å²) in [4.78, 5) is 4.66. The Hall–Kier alpha value is -3.13. The first-order valence-corrected chi connectivity index (χ1v) is 9.84. The lowest BCUT2D eigenvalue weighted by Crippen LogP contribution is -2.15. The molecule has 0 unspecified atom stereocenters. The van der Waals surface area contributed by atoms with Crippen LogP contribution in [0.15, 0.2) is 58.2 Å². The fourth-order valence-electron chi connectivity index (χ4n) is 3.02. The van der Waals surface area contributed by atoms with Crippen LogP contribution in [0.3, 0.4) is 0 Å². The minimum Gasteiger partial charge on any atom is -0.360 e. The molecule has 0 aliphatic carbocycles. The number of hydrogen-bond acceptors (Lipinski definition) is 5. The zero-order chi connectivity index (χ0) is 19.2. The van der Waals surface area contributed by atoms with E-state index < -0.39 is 10.0 Å². The highest BCUT2D eigenvalue weighted by Gasteiger charge is 2.25. The van der Waals surface area contributed by atoms with Gasteiger partial charge in [0, 0.05) is 18.0 Å². The topological polar surface area (TPSA) is 89.5 Å². The summed E-state index contributed by atoms with van der Waals surface area (Å²) in [6.45, 7) is 5.03. The number of benzene rings is 1. The van der Waals surface area contributed by atoms with Crippen molar-refractivity contribution in [2.75, 3.05) is 4.72 Å². The fourth-order valence-corrected chi connectivity index (χ4v) is 4.47. The van der Waals surface area contributed by atoms with Crippen LogP contribution in [0.25, 0.3) is 16.9 Å². The SMILES string of the molecule is Cc1ccc(-c2cn3ccccc3n2)cc1NS(=O)(=O)c1c(C)noc1C. The first-order chi connectivity index (χ1) is 12.8. The molecule has 1 N–H and O–H groups in total. The lowest BCUT2D eigenvalue weighted by Gasteiger charge is -2.11. The van der Waals surface area contributed by atoms with Crippen LogP contribution < -0.4 is 4.72 Å². The number of hydrogen-bond donors (Lipinski definition) is 1. The standard InChI is InChI=1S/C19H18N4O3S/c1-12-7-8-15(17-11-23-9-5-4-6-18(23)20-17)10-16(12)22-27(24,25)19-13(2)21-26-14(19)3/h4-11,22H,1-3H3. The van der Waals surface area contributed by atoms with Gasteiger partial charge in [-0.25, -0.2) is 13.4 Å². The van der Waals surface area contributed by atoms with E-state index in [1.54, 1.807) is 19.9 Å². The zero-order valence-electron chi connectivity index (χ0n) is 15.1. The number of aromatic nitrogens is 3. The average Bonchev–Trinajstić information content (AvgIpc) is 3.20. The van der Waals surface area contributed by atoms with Crippen LogP contribution in [0, 0.1) is 20.8 Å². The summed E-state index contributed by atoms with van der Waals surface area (Å²) in [5, 5.41) is 3.73. The van der Waals surface area contributed by atoms with E-state index in [-0.39, 0.29) is 10.7 Å². The lowest BCUT2D eigenvalue weighted by molar-refractivity contribution is 0.390. The summed E-state index contributed by atoms with van der Waals surface area (Å²) in [6, 6.07) is 11.3. The van der Waals surface area contributed by atoms with Crippen molar-refractivity contribution in [2.24, 2.45) is 0 Å². The second kappa shape index (κ2) is 6.24. The van der Waals surface area contributed by atoms with Gasteiger partial charge in [0.2, 0.25) is 0 Å². The molecule has 0 aliphatic rings. The van der Waals surface area contributed by atoms with E-state index in [2.05, 4.69) is 14.9 Å². The first kappa shape index (κ1) is 17.3. The van der Waals surface area contributed by atoms with Crippen molar-refractivity contribution in [1.29, 1.82) is 0 Å². The molecule has 0 fully saturated rings. The van der Waals surface area contributed by atoms with Gasteiger partial charge in [-0.3, -0.25) is 4.72 Å². The number of anilines is 1. The zero-order valence-corrected chi connectivity index (χ0v) is 15.9. The summed E-state index contributed by atoms with van der Waals surface area (Å²) in [5.41, 5.74) is 4.03. The van der Waals surface area contributed by atoms with Gasteiger partial charge in [0.15, 0.2) is 10.7 Å². The molecule has 0 aliphatic heterocycles. The highest BCUT2D eigenvalue weighted by molar-refractivity contribution is 7.92. The summed E-state index contributed by atoms with van der Waals surface area (Å²) in [7, 11) is -3.81. The third-order valence-corrected chi connectivity index (χ3v) is 5.99. The molecule has 0 saturated carbocycles. The van der Waals surface area contributed by atoms with E-state index in [1.807, 2.05) is 54.0 Å². The van der Waals surface area contributed by atoms with Gasteiger partial charge in [-0.1, -0.05) is 23.4 Å². The van der Waals surface area contributed by atoms with Gasteiger partial charge in [0.1, 0.15) is 11.3 Å². The Morgan fingerprint density at radius 1 is 1.11 bits per heavy atom. The third kappa shape index (κ3) is 3.08. The maximum atomic E-state index is 12.8. The van der Waals surface area contributed by atoms with Gasteiger partial charge in [-0.2, -0.15) is 0 Å². The Balaban J connectivity index is 1.75. The molecule has 3 aromatic heterocycles. The van der Waals surface area contributed by atoms with Crippen LogP contribution in [-0.4, -0.2) is 23.0 Å². The number of imidazole rings is 1. The second-order valence-electron chi connectivity index (χ2n) is 6.38. The minimum absolute atomic E-state index is 0.0695. The van der Waals surface area contributed by atoms with Crippen LogP contribution in [0.2, 0.25) is 0 Å². The van der Waals surface area contributed by atoms with Gasteiger partial charge in [-0.05, 0) is 44.5 Å². The number of fused-ring (bicyclic) bond motifs is 1. The summed E-state index contributed by atoms with van der Waals surface area (Å²) in [5.74, 6) is 0.258. The van der Waals surface area contributed by atoms with Crippen molar-refractivity contribution in [1.82, 2.24) is 14.5 Å². The Bertz CT molecular complexity index is 1200.